The first-order valence-corrected chi connectivity index (χ1v) is 11.6. The molecule has 0 aliphatic heterocycles. The van der Waals surface area contributed by atoms with Gasteiger partial charge in [0.1, 0.15) is 33.2 Å². The number of hydrogen-bond donors (Lipinski definition) is 1. The van der Waals surface area contributed by atoms with E-state index in [0.717, 1.165) is 43.7 Å². The number of aryl methyl sites for hydroxylation is 2. The highest BCUT2D eigenvalue weighted by molar-refractivity contribution is 7.21. The number of azide groups is 1. The van der Waals surface area contributed by atoms with E-state index < -0.39 is 0 Å². The van der Waals surface area contributed by atoms with E-state index in [9.17, 15) is 0 Å². The summed E-state index contributed by atoms with van der Waals surface area (Å²) in [4.78, 5) is 21.5. The molecule has 172 valence electrons. The van der Waals surface area contributed by atoms with Crippen LogP contribution in [0.15, 0.2) is 72.2 Å². The number of nitrogens with zero attached hydrogens (tertiary/aromatic N) is 7. The number of rotatable bonds is 7. The molecule has 3 aromatic heterocycles. The highest BCUT2D eigenvalue weighted by Gasteiger charge is 2.13. The standard InChI is InChI=1S/C25H20N8OS/c1-15-10-19(7-9-21(15)34-20-8-6-16(2)27-13-20)31-23-22-25(29-14-28-23)35-24(32-22)18-5-3-4-17(11-18)12-30-33-26/h3-11,13-14H,12H2,1-2H3,(H,28,29,31). The molecule has 10 heteroatoms. The Kier molecular flexibility index (Phi) is 6.21. The minimum absolute atomic E-state index is 0.293. The van der Waals surface area contributed by atoms with E-state index in [4.69, 9.17) is 15.3 Å². The molecular formula is C25H20N8OS. The number of fused-ring (bicyclic) bond motifs is 1. The molecule has 0 bridgehead atoms. The first-order valence-electron chi connectivity index (χ1n) is 10.8. The molecule has 0 amide bonds. The molecule has 9 nitrogen and oxygen atoms in total. The largest absolute Gasteiger partial charge is 0.455 e. The third-order valence-corrected chi connectivity index (χ3v) is 6.25. The molecule has 2 aromatic carbocycles. The van der Waals surface area contributed by atoms with Gasteiger partial charge in [0.2, 0.25) is 0 Å². The summed E-state index contributed by atoms with van der Waals surface area (Å²) in [5, 5.41) is 7.82. The lowest BCUT2D eigenvalue weighted by molar-refractivity contribution is 0.476. The summed E-state index contributed by atoms with van der Waals surface area (Å²) in [6.45, 7) is 4.22. The molecule has 0 aliphatic rings. The van der Waals surface area contributed by atoms with E-state index in [1.54, 1.807) is 6.20 Å². The molecule has 5 rings (SSSR count). The molecule has 0 radical (unpaired) electrons. The summed E-state index contributed by atoms with van der Waals surface area (Å²) in [6.07, 6.45) is 3.24. The molecule has 0 fully saturated rings. The van der Waals surface area contributed by atoms with Gasteiger partial charge >= 0.3 is 0 Å². The summed E-state index contributed by atoms with van der Waals surface area (Å²) < 4.78 is 5.97. The van der Waals surface area contributed by atoms with E-state index in [-0.39, 0.29) is 0 Å². The van der Waals surface area contributed by atoms with Gasteiger partial charge in [-0.25, -0.2) is 15.0 Å². The fourth-order valence-electron chi connectivity index (χ4n) is 3.50. The van der Waals surface area contributed by atoms with Crippen LogP contribution in [0.3, 0.4) is 0 Å². The quantitative estimate of drug-likeness (QED) is 0.150. The molecule has 0 unspecified atom stereocenters. The molecule has 3 heterocycles. The number of thiazole rings is 1. The molecule has 0 aliphatic carbocycles. The summed E-state index contributed by atoms with van der Waals surface area (Å²) >= 11 is 1.48. The van der Waals surface area contributed by atoms with Crippen molar-refractivity contribution in [3.63, 3.8) is 0 Å². The lowest BCUT2D eigenvalue weighted by Gasteiger charge is -2.11. The Hall–Kier alpha value is -4.53. The lowest BCUT2D eigenvalue weighted by Crippen LogP contribution is -1.97. The first kappa shape index (κ1) is 22.3. The van der Waals surface area contributed by atoms with Gasteiger partial charge in [-0.15, -0.1) is 0 Å². The lowest BCUT2D eigenvalue weighted by atomic mass is 10.1. The van der Waals surface area contributed by atoms with Crippen LogP contribution in [0.4, 0.5) is 11.5 Å². The number of aromatic nitrogens is 4. The minimum atomic E-state index is 0.293. The normalized spacial score (nSPS) is 10.7. The molecule has 0 saturated carbocycles. The van der Waals surface area contributed by atoms with Gasteiger partial charge in [-0.1, -0.05) is 34.7 Å². The maximum atomic E-state index is 8.58. The van der Waals surface area contributed by atoms with Crippen LogP contribution >= 0.6 is 11.3 Å². The fourth-order valence-corrected chi connectivity index (χ4v) is 4.41. The average molecular weight is 481 g/mol. The summed E-state index contributed by atoms with van der Waals surface area (Å²) in [5.74, 6) is 2.07. The summed E-state index contributed by atoms with van der Waals surface area (Å²) in [5.41, 5.74) is 13.9. The van der Waals surface area contributed by atoms with Gasteiger partial charge in [0.05, 0.1) is 12.7 Å². The second kappa shape index (κ2) is 9.76. The average Bonchev–Trinajstić information content (AvgIpc) is 3.31. The fraction of sp³-hybridized carbons (Fsp3) is 0.120. The molecule has 5 aromatic rings. The molecule has 35 heavy (non-hydrogen) atoms. The molecule has 0 spiro atoms. The Balaban J connectivity index is 1.40. The van der Waals surface area contributed by atoms with Crippen LogP contribution in [0.5, 0.6) is 11.5 Å². The topological polar surface area (TPSA) is 122 Å². The van der Waals surface area contributed by atoms with Gasteiger partial charge in [0.15, 0.2) is 5.82 Å². The zero-order valence-electron chi connectivity index (χ0n) is 19.0. The summed E-state index contributed by atoms with van der Waals surface area (Å²) in [7, 11) is 0. The van der Waals surface area contributed by atoms with Crippen LogP contribution in [0.25, 0.3) is 31.4 Å². The number of anilines is 2. The second-order valence-corrected chi connectivity index (χ2v) is 8.80. The van der Waals surface area contributed by atoms with Crippen molar-refractivity contribution >= 4 is 33.2 Å². The molecule has 0 saturated heterocycles. The summed E-state index contributed by atoms with van der Waals surface area (Å²) in [6, 6.07) is 17.5. The Labute approximate surface area is 205 Å². The smallest absolute Gasteiger partial charge is 0.161 e. The van der Waals surface area contributed by atoms with Gasteiger partial charge < -0.3 is 10.1 Å². The van der Waals surface area contributed by atoms with Crippen LogP contribution in [0, 0.1) is 13.8 Å². The maximum Gasteiger partial charge on any atom is 0.161 e. The SMILES string of the molecule is Cc1ccc(Oc2ccc(Nc3ncnc4sc(-c5cccc(CN=[N+]=[N-])c5)nc34)cc2C)cn1. The zero-order chi connectivity index (χ0) is 24.2. The van der Waals surface area contributed by atoms with Crippen LogP contribution in [-0.2, 0) is 6.54 Å². The van der Waals surface area contributed by atoms with Gasteiger partial charge in [-0.05, 0) is 66.9 Å². The van der Waals surface area contributed by atoms with Crippen LogP contribution in [-0.4, -0.2) is 19.9 Å². The van der Waals surface area contributed by atoms with Crippen LogP contribution in [0.2, 0.25) is 0 Å². The van der Waals surface area contributed by atoms with E-state index in [2.05, 4.69) is 30.3 Å². The minimum Gasteiger partial charge on any atom is -0.455 e. The van der Waals surface area contributed by atoms with Crippen molar-refractivity contribution in [2.24, 2.45) is 5.11 Å². The highest BCUT2D eigenvalue weighted by Crippen LogP contribution is 2.34. The van der Waals surface area contributed by atoms with E-state index in [1.807, 2.05) is 68.4 Å². The predicted molar refractivity (Wildman–Crippen MR) is 137 cm³/mol. The molecule has 1 N–H and O–H groups in total. The van der Waals surface area contributed by atoms with Crippen molar-refractivity contribution in [1.29, 1.82) is 0 Å². The van der Waals surface area contributed by atoms with Crippen molar-refractivity contribution < 1.29 is 4.74 Å². The number of nitrogens with one attached hydrogen (secondary N) is 1. The monoisotopic (exact) mass is 480 g/mol. The number of pyridine rings is 1. The van der Waals surface area contributed by atoms with Crippen molar-refractivity contribution in [3.8, 4) is 22.1 Å². The number of ether oxygens (including phenoxy) is 1. The number of benzene rings is 2. The van der Waals surface area contributed by atoms with E-state index in [0.29, 0.717) is 23.6 Å². The third-order valence-electron chi connectivity index (χ3n) is 5.24. The van der Waals surface area contributed by atoms with Crippen LogP contribution in [0.1, 0.15) is 16.8 Å². The van der Waals surface area contributed by atoms with Gasteiger partial charge in [-0.3, -0.25) is 4.98 Å². The third kappa shape index (κ3) is 5.03. The first-order chi connectivity index (χ1) is 17.1. The highest BCUT2D eigenvalue weighted by atomic mass is 32.1. The number of hydrogen-bond acceptors (Lipinski definition) is 8. The predicted octanol–water partition coefficient (Wildman–Crippen LogP) is 7.11. The van der Waals surface area contributed by atoms with Crippen LogP contribution < -0.4 is 10.1 Å². The Morgan fingerprint density at radius 1 is 1.06 bits per heavy atom. The molecular weight excluding hydrogens is 460 g/mol. The van der Waals surface area contributed by atoms with Gasteiger partial charge in [0.25, 0.3) is 0 Å². The van der Waals surface area contributed by atoms with E-state index in [1.165, 1.54) is 17.7 Å². The second-order valence-electron chi connectivity index (χ2n) is 7.83. The van der Waals surface area contributed by atoms with E-state index >= 15 is 0 Å². The molecule has 0 atom stereocenters. The zero-order valence-corrected chi connectivity index (χ0v) is 19.8. The Bertz CT molecular complexity index is 1560. The van der Waals surface area contributed by atoms with Crippen molar-refractivity contribution in [3.05, 3.63) is 94.4 Å². The maximum absolute atomic E-state index is 8.58. The van der Waals surface area contributed by atoms with Crippen molar-refractivity contribution in [1.82, 2.24) is 19.9 Å². The van der Waals surface area contributed by atoms with Gasteiger partial charge in [0, 0.05) is 21.9 Å². The Morgan fingerprint density at radius 2 is 1.97 bits per heavy atom. The van der Waals surface area contributed by atoms with Crippen molar-refractivity contribution in [2.75, 3.05) is 5.32 Å². The van der Waals surface area contributed by atoms with Gasteiger partial charge in [-0.2, -0.15) is 0 Å². The Morgan fingerprint density at radius 3 is 2.77 bits per heavy atom. The van der Waals surface area contributed by atoms with Crippen molar-refractivity contribution in [2.45, 2.75) is 20.4 Å².